The van der Waals surface area contributed by atoms with Crippen LogP contribution in [0.1, 0.15) is 37.3 Å². The Morgan fingerprint density at radius 1 is 1.40 bits per heavy atom. The van der Waals surface area contributed by atoms with Crippen LogP contribution >= 0.6 is 0 Å². The first-order valence-corrected chi connectivity index (χ1v) is 7.54. The van der Waals surface area contributed by atoms with Gasteiger partial charge >= 0.3 is 0 Å². The monoisotopic (exact) mass is 271 g/mol. The molecule has 1 fully saturated rings. The van der Waals surface area contributed by atoms with Crippen molar-refractivity contribution in [2.45, 2.75) is 39.0 Å². The van der Waals surface area contributed by atoms with Crippen LogP contribution < -0.4 is 5.32 Å². The maximum absolute atomic E-state index is 11.8. The lowest BCUT2D eigenvalue weighted by Gasteiger charge is -2.23. The Kier molecular flexibility index (Phi) is 3.77. The Hall–Kier alpha value is -1.77. The lowest BCUT2D eigenvalue weighted by atomic mass is 9.85. The van der Waals surface area contributed by atoms with Gasteiger partial charge in [-0.15, -0.1) is 0 Å². The van der Waals surface area contributed by atoms with Crippen LogP contribution in [-0.4, -0.2) is 12.5 Å². The van der Waals surface area contributed by atoms with Crippen molar-refractivity contribution in [2.24, 2.45) is 5.92 Å². The summed E-state index contributed by atoms with van der Waals surface area (Å²) >= 11 is 0. The Bertz CT molecular complexity index is 610. The van der Waals surface area contributed by atoms with E-state index in [9.17, 15) is 4.79 Å². The van der Waals surface area contributed by atoms with Crippen LogP contribution in [-0.2, 0) is 17.6 Å². The normalized spacial score (nSPS) is 15.2. The molecule has 0 saturated heterocycles. The molecule has 106 valence electrons. The molecule has 3 heteroatoms. The highest BCUT2D eigenvalue weighted by Crippen LogP contribution is 2.26. The molecule has 1 saturated carbocycles. The summed E-state index contributed by atoms with van der Waals surface area (Å²) in [7, 11) is 0. The van der Waals surface area contributed by atoms with Crippen molar-refractivity contribution < 1.29 is 9.21 Å². The maximum Gasteiger partial charge on any atom is 0.223 e. The zero-order valence-corrected chi connectivity index (χ0v) is 11.9. The number of rotatable bonds is 5. The number of benzene rings is 1. The minimum absolute atomic E-state index is 0.221. The van der Waals surface area contributed by atoms with Gasteiger partial charge < -0.3 is 9.73 Å². The number of aryl methyl sites for hydroxylation is 1. The second-order valence-electron chi connectivity index (χ2n) is 5.61. The van der Waals surface area contributed by atoms with E-state index in [-0.39, 0.29) is 11.8 Å². The summed E-state index contributed by atoms with van der Waals surface area (Å²) in [6.07, 6.45) is 6.99. The van der Waals surface area contributed by atoms with E-state index in [0.29, 0.717) is 6.54 Å². The molecule has 1 aromatic carbocycles. The van der Waals surface area contributed by atoms with Crippen molar-refractivity contribution in [3.05, 3.63) is 35.6 Å². The molecule has 3 rings (SSSR count). The van der Waals surface area contributed by atoms with Crippen LogP contribution in [0, 0.1) is 5.92 Å². The average molecular weight is 271 g/mol. The van der Waals surface area contributed by atoms with Crippen molar-refractivity contribution in [3.63, 3.8) is 0 Å². The van der Waals surface area contributed by atoms with Gasteiger partial charge in [0.15, 0.2) is 0 Å². The molecule has 0 atom stereocenters. The van der Waals surface area contributed by atoms with Crippen LogP contribution in [0.3, 0.4) is 0 Å². The second-order valence-corrected chi connectivity index (χ2v) is 5.61. The Labute approximate surface area is 119 Å². The van der Waals surface area contributed by atoms with Gasteiger partial charge in [-0.3, -0.25) is 4.79 Å². The van der Waals surface area contributed by atoms with Gasteiger partial charge in [0.1, 0.15) is 5.58 Å². The number of amides is 1. The van der Waals surface area contributed by atoms with E-state index in [1.54, 1.807) is 0 Å². The van der Waals surface area contributed by atoms with E-state index in [1.807, 2.05) is 12.3 Å². The summed E-state index contributed by atoms with van der Waals surface area (Å²) < 4.78 is 5.57. The molecule has 0 spiro atoms. The lowest BCUT2D eigenvalue weighted by Crippen LogP contribution is -2.35. The van der Waals surface area contributed by atoms with Crippen LogP contribution in [0.25, 0.3) is 11.0 Å². The highest BCUT2D eigenvalue weighted by molar-refractivity contribution is 5.82. The third kappa shape index (κ3) is 2.58. The van der Waals surface area contributed by atoms with E-state index >= 15 is 0 Å². The molecule has 1 aliphatic rings. The number of carbonyl (C=O) groups is 1. The molecule has 1 heterocycles. The second kappa shape index (κ2) is 5.70. The van der Waals surface area contributed by atoms with Gasteiger partial charge in [-0.05, 0) is 48.9 Å². The Morgan fingerprint density at radius 2 is 2.25 bits per heavy atom. The quantitative estimate of drug-likeness (QED) is 0.905. The first-order chi connectivity index (χ1) is 9.78. The molecule has 1 N–H and O–H groups in total. The molecule has 1 amide bonds. The van der Waals surface area contributed by atoms with Crippen molar-refractivity contribution in [1.82, 2.24) is 5.32 Å². The minimum Gasteiger partial charge on any atom is -0.464 e. The van der Waals surface area contributed by atoms with Crippen molar-refractivity contribution in [1.29, 1.82) is 0 Å². The van der Waals surface area contributed by atoms with E-state index in [2.05, 4.69) is 24.4 Å². The SMILES string of the molecule is CCc1ccc2occ(CCNC(=O)C3CCC3)c2c1. The average Bonchev–Trinajstić information content (AvgIpc) is 2.79. The van der Waals surface area contributed by atoms with E-state index in [4.69, 9.17) is 4.42 Å². The summed E-state index contributed by atoms with van der Waals surface area (Å²) in [5.41, 5.74) is 3.44. The van der Waals surface area contributed by atoms with E-state index < -0.39 is 0 Å². The standard InChI is InChI=1S/C17H21NO2/c1-2-12-6-7-16-15(10-12)14(11-20-16)8-9-18-17(19)13-4-3-5-13/h6-7,10-11,13H,2-5,8-9H2,1H3,(H,18,19). The topological polar surface area (TPSA) is 42.2 Å². The number of hydrogen-bond donors (Lipinski definition) is 1. The molecular weight excluding hydrogens is 250 g/mol. The van der Waals surface area contributed by atoms with Gasteiger partial charge in [0, 0.05) is 17.8 Å². The molecule has 1 aromatic heterocycles. The molecule has 3 nitrogen and oxygen atoms in total. The summed E-state index contributed by atoms with van der Waals surface area (Å²) in [5.74, 6) is 0.487. The fraction of sp³-hybridized carbons (Fsp3) is 0.471. The number of hydrogen-bond acceptors (Lipinski definition) is 2. The smallest absolute Gasteiger partial charge is 0.223 e. The van der Waals surface area contributed by atoms with Crippen molar-refractivity contribution >= 4 is 16.9 Å². The van der Waals surface area contributed by atoms with Gasteiger partial charge in [-0.25, -0.2) is 0 Å². The fourth-order valence-corrected chi connectivity index (χ4v) is 2.68. The predicted molar refractivity (Wildman–Crippen MR) is 79.6 cm³/mol. The minimum atomic E-state index is 0.221. The Balaban J connectivity index is 1.63. The Morgan fingerprint density at radius 3 is 2.95 bits per heavy atom. The van der Waals surface area contributed by atoms with Crippen LogP contribution in [0.5, 0.6) is 0 Å². The summed E-state index contributed by atoms with van der Waals surface area (Å²) in [4.78, 5) is 11.8. The van der Waals surface area contributed by atoms with Crippen LogP contribution in [0.4, 0.5) is 0 Å². The molecule has 0 bridgehead atoms. The van der Waals surface area contributed by atoms with Gasteiger partial charge in [0.25, 0.3) is 0 Å². The summed E-state index contributed by atoms with van der Waals surface area (Å²) in [6, 6.07) is 6.33. The first-order valence-electron chi connectivity index (χ1n) is 7.54. The molecule has 20 heavy (non-hydrogen) atoms. The number of nitrogens with one attached hydrogen (secondary N) is 1. The largest absolute Gasteiger partial charge is 0.464 e. The van der Waals surface area contributed by atoms with E-state index in [1.165, 1.54) is 22.9 Å². The maximum atomic E-state index is 11.8. The van der Waals surface area contributed by atoms with Crippen molar-refractivity contribution in [3.8, 4) is 0 Å². The molecule has 0 unspecified atom stereocenters. The molecule has 0 aliphatic heterocycles. The molecule has 2 aromatic rings. The predicted octanol–water partition coefficient (Wildman–Crippen LogP) is 3.45. The fourth-order valence-electron chi connectivity index (χ4n) is 2.68. The third-order valence-corrected chi connectivity index (χ3v) is 4.30. The highest BCUT2D eigenvalue weighted by Gasteiger charge is 2.24. The molecule has 1 aliphatic carbocycles. The van der Waals surface area contributed by atoms with Gasteiger partial charge in [0.2, 0.25) is 5.91 Å². The van der Waals surface area contributed by atoms with Crippen LogP contribution in [0.15, 0.2) is 28.9 Å². The summed E-state index contributed by atoms with van der Waals surface area (Å²) in [5, 5.41) is 4.22. The number of fused-ring (bicyclic) bond motifs is 1. The summed E-state index contributed by atoms with van der Waals surface area (Å²) in [6.45, 7) is 2.85. The van der Waals surface area contributed by atoms with Gasteiger partial charge in [0.05, 0.1) is 6.26 Å². The molecular formula is C17H21NO2. The number of furan rings is 1. The first kappa shape index (κ1) is 13.2. The van der Waals surface area contributed by atoms with Crippen molar-refractivity contribution in [2.75, 3.05) is 6.54 Å². The van der Waals surface area contributed by atoms with E-state index in [0.717, 1.165) is 31.3 Å². The van der Waals surface area contributed by atoms with Gasteiger partial charge in [-0.1, -0.05) is 19.4 Å². The zero-order chi connectivity index (χ0) is 13.9. The molecule has 0 radical (unpaired) electrons. The number of carbonyl (C=O) groups excluding carboxylic acids is 1. The third-order valence-electron chi connectivity index (χ3n) is 4.30. The lowest BCUT2D eigenvalue weighted by molar-refractivity contribution is -0.127. The highest BCUT2D eigenvalue weighted by atomic mass is 16.3. The zero-order valence-electron chi connectivity index (χ0n) is 11.9. The van der Waals surface area contributed by atoms with Gasteiger partial charge in [-0.2, -0.15) is 0 Å². The van der Waals surface area contributed by atoms with Crippen LogP contribution in [0.2, 0.25) is 0 Å².